The van der Waals surface area contributed by atoms with Crippen molar-refractivity contribution in [2.45, 2.75) is 124 Å². The quantitative estimate of drug-likeness (QED) is 0.380. The molecule has 0 aromatic rings. The van der Waals surface area contributed by atoms with Crippen LogP contribution in [0.2, 0.25) is 0 Å². The number of carbonyl (C=O) groups is 3. The molecule has 35 heavy (non-hydrogen) atoms. The summed E-state index contributed by atoms with van der Waals surface area (Å²) in [5.74, 6) is 1.41. The second-order valence-corrected chi connectivity index (χ2v) is 15.0. The molecule has 6 fully saturated rings. The number of carbonyl (C=O) groups excluding carboxylic acids is 3. The molecule has 6 rings (SSSR count). The highest BCUT2D eigenvalue weighted by Gasteiger charge is 2.82. The first-order valence-corrected chi connectivity index (χ1v) is 14.1. The zero-order chi connectivity index (χ0) is 25.4. The number of ketones is 2. The van der Waals surface area contributed by atoms with E-state index in [1.165, 1.54) is 6.42 Å². The number of hydrogen-bond donors (Lipinski definition) is 0. The van der Waals surface area contributed by atoms with Crippen molar-refractivity contribution >= 4 is 17.5 Å². The van der Waals surface area contributed by atoms with Crippen molar-refractivity contribution in [3.63, 3.8) is 0 Å². The first-order chi connectivity index (χ1) is 16.1. The van der Waals surface area contributed by atoms with Gasteiger partial charge in [0.1, 0.15) is 17.5 Å². The van der Waals surface area contributed by atoms with Crippen LogP contribution in [0.5, 0.6) is 0 Å². The summed E-state index contributed by atoms with van der Waals surface area (Å²) in [5, 5.41) is 0. The van der Waals surface area contributed by atoms with E-state index in [1.54, 1.807) is 0 Å². The highest BCUT2D eigenvalue weighted by atomic mass is 16.6. The molecule has 0 aromatic heterocycles. The van der Waals surface area contributed by atoms with Gasteiger partial charge in [-0.15, -0.1) is 0 Å². The molecule has 0 amide bonds. The van der Waals surface area contributed by atoms with Gasteiger partial charge in [0.15, 0.2) is 5.78 Å². The van der Waals surface area contributed by atoms with Gasteiger partial charge in [0.25, 0.3) is 0 Å². The maximum Gasteiger partial charge on any atom is 0.306 e. The lowest BCUT2D eigenvalue weighted by Crippen LogP contribution is -2.56. The fraction of sp³-hybridized carbons (Fsp3) is 0.900. The second-order valence-electron chi connectivity index (χ2n) is 15.0. The average molecular weight is 485 g/mol. The smallest absolute Gasteiger partial charge is 0.306 e. The van der Waals surface area contributed by atoms with Crippen LogP contribution in [0.4, 0.5) is 0 Å². The highest BCUT2D eigenvalue weighted by molar-refractivity contribution is 5.89. The fourth-order valence-corrected chi connectivity index (χ4v) is 11.1. The molecule has 6 aliphatic rings. The van der Waals surface area contributed by atoms with E-state index in [2.05, 4.69) is 34.6 Å². The van der Waals surface area contributed by atoms with Crippen molar-refractivity contribution in [1.29, 1.82) is 0 Å². The summed E-state index contributed by atoms with van der Waals surface area (Å²) >= 11 is 0. The highest BCUT2D eigenvalue weighted by Crippen LogP contribution is 2.87. The number of cyclic esters (lactones) is 1. The van der Waals surface area contributed by atoms with E-state index in [1.807, 2.05) is 13.8 Å². The van der Waals surface area contributed by atoms with Crippen LogP contribution in [0.3, 0.4) is 0 Å². The van der Waals surface area contributed by atoms with Gasteiger partial charge in [-0.1, -0.05) is 20.8 Å². The summed E-state index contributed by atoms with van der Waals surface area (Å²) < 4.78 is 11.6. The first-order valence-electron chi connectivity index (χ1n) is 14.1. The topological polar surface area (TPSA) is 73.0 Å². The van der Waals surface area contributed by atoms with E-state index < -0.39 is 5.60 Å². The van der Waals surface area contributed by atoms with Crippen LogP contribution in [-0.2, 0) is 23.9 Å². The van der Waals surface area contributed by atoms with Gasteiger partial charge in [-0.25, -0.2) is 0 Å². The Kier molecular flexibility index (Phi) is 4.68. The lowest BCUT2D eigenvalue weighted by Gasteiger charge is -2.61. The largest absolute Gasteiger partial charge is 0.459 e. The molecule has 2 aliphatic heterocycles. The van der Waals surface area contributed by atoms with Crippen LogP contribution in [0.25, 0.3) is 0 Å². The van der Waals surface area contributed by atoms with Crippen molar-refractivity contribution in [3.8, 4) is 0 Å². The molecule has 4 saturated carbocycles. The van der Waals surface area contributed by atoms with Crippen molar-refractivity contribution in [1.82, 2.24) is 0 Å². The summed E-state index contributed by atoms with van der Waals surface area (Å²) in [6, 6.07) is 0. The molecule has 2 spiro atoms. The zero-order valence-corrected chi connectivity index (χ0v) is 22.8. The predicted octanol–water partition coefficient (Wildman–Crippen LogP) is 5.67. The number of hydrogen-bond acceptors (Lipinski definition) is 5. The second kappa shape index (κ2) is 6.79. The van der Waals surface area contributed by atoms with Crippen molar-refractivity contribution in [3.05, 3.63) is 0 Å². The summed E-state index contributed by atoms with van der Waals surface area (Å²) in [6.45, 7) is 15.1. The molecular formula is C30H44O5. The molecule has 194 valence electrons. The van der Waals surface area contributed by atoms with Crippen LogP contribution in [0, 0.1) is 45.3 Å². The molecule has 0 aromatic carbocycles. The molecule has 2 heterocycles. The Morgan fingerprint density at radius 1 is 0.914 bits per heavy atom. The maximum absolute atomic E-state index is 13.8. The number of esters is 1. The minimum Gasteiger partial charge on any atom is -0.459 e. The van der Waals surface area contributed by atoms with Gasteiger partial charge in [0, 0.05) is 31.1 Å². The normalized spacial score (nSPS) is 51.6. The van der Waals surface area contributed by atoms with Gasteiger partial charge in [-0.2, -0.15) is 0 Å². The van der Waals surface area contributed by atoms with E-state index in [4.69, 9.17) is 9.47 Å². The van der Waals surface area contributed by atoms with Gasteiger partial charge >= 0.3 is 5.97 Å². The Bertz CT molecular complexity index is 1010. The zero-order valence-electron chi connectivity index (χ0n) is 22.8. The van der Waals surface area contributed by atoms with Gasteiger partial charge in [-0.05, 0) is 99.7 Å². The molecule has 0 N–H and O–H groups in total. The number of epoxide rings is 1. The van der Waals surface area contributed by atoms with E-state index in [9.17, 15) is 14.4 Å². The molecule has 0 unspecified atom stereocenters. The van der Waals surface area contributed by atoms with Crippen LogP contribution >= 0.6 is 0 Å². The van der Waals surface area contributed by atoms with Gasteiger partial charge in [0.05, 0.1) is 5.60 Å². The third kappa shape index (κ3) is 2.88. The molecule has 4 aliphatic carbocycles. The lowest BCUT2D eigenvalue weighted by molar-refractivity contribution is -0.168. The standard InChI is InChI=1S/C30H44O5/c1-17(14-18(31)24-26(4,5)35-24)23-19(32)15-28(7)21-9-8-20-25(2,3)34-22(33)10-11-29(20)16-30(21,29)13-12-27(23,28)6/h17,20-21,23-24H,8-16H2,1-7H3/t17-,20+,21+,23+,24+,27-,28+,29-,30+/m1/s1. The number of fused-ring (bicyclic) bond motifs is 2. The minimum atomic E-state index is -0.411. The Hall–Kier alpha value is -1.23. The van der Waals surface area contributed by atoms with Crippen LogP contribution < -0.4 is 0 Å². The minimum absolute atomic E-state index is 0.0401. The monoisotopic (exact) mass is 484 g/mol. The van der Waals surface area contributed by atoms with Crippen molar-refractivity contribution in [2.24, 2.45) is 45.3 Å². The number of ether oxygens (including phenoxy) is 2. The Balaban J connectivity index is 1.30. The van der Waals surface area contributed by atoms with Crippen molar-refractivity contribution in [2.75, 3.05) is 0 Å². The summed E-state index contributed by atoms with van der Waals surface area (Å²) in [4.78, 5) is 39.2. The molecular weight excluding hydrogens is 440 g/mol. The van der Waals surface area contributed by atoms with E-state index >= 15 is 0 Å². The van der Waals surface area contributed by atoms with Crippen LogP contribution in [0.1, 0.15) is 106 Å². The summed E-state index contributed by atoms with van der Waals surface area (Å²) in [7, 11) is 0. The molecule has 5 nitrogen and oxygen atoms in total. The Labute approximate surface area is 210 Å². The van der Waals surface area contributed by atoms with Crippen LogP contribution in [0.15, 0.2) is 0 Å². The van der Waals surface area contributed by atoms with Gasteiger partial charge in [0.2, 0.25) is 0 Å². The number of Topliss-reactive ketones (excluding diaryl/α,β-unsaturated/α-hetero) is 2. The Morgan fingerprint density at radius 3 is 2.20 bits per heavy atom. The first kappa shape index (κ1) is 24.1. The van der Waals surface area contributed by atoms with Gasteiger partial charge in [-0.3, -0.25) is 14.4 Å². The van der Waals surface area contributed by atoms with Crippen LogP contribution in [-0.4, -0.2) is 34.8 Å². The third-order valence-corrected chi connectivity index (χ3v) is 12.7. The third-order valence-electron chi connectivity index (χ3n) is 12.7. The number of rotatable bonds is 4. The molecule has 0 bridgehead atoms. The van der Waals surface area contributed by atoms with Gasteiger partial charge < -0.3 is 9.47 Å². The van der Waals surface area contributed by atoms with E-state index in [0.29, 0.717) is 36.9 Å². The fourth-order valence-electron chi connectivity index (χ4n) is 11.1. The predicted molar refractivity (Wildman–Crippen MR) is 131 cm³/mol. The molecule has 5 heteroatoms. The average Bonchev–Trinajstić information content (AvgIpc) is 3.58. The SMILES string of the molecule is C[C@H](CC(=O)[C@@H]1OC1(C)C)[C@H]1C(=O)C[C@@]2(C)[C@@H]3CC[C@H]4C(C)(C)OC(=O)CC[C@@]45C[C@@]35CC[C@]12C. The Morgan fingerprint density at radius 2 is 1.54 bits per heavy atom. The van der Waals surface area contributed by atoms with E-state index in [0.717, 1.165) is 32.1 Å². The molecule has 0 radical (unpaired) electrons. The van der Waals surface area contributed by atoms with Crippen molar-refractivity contribution < 1.29 is 23.9 Å². The summed E-state index contributed by atoms with van der Waals surface area (Å²) in [6.07, 6.45) is 7.84. The lowest BCUT2D eigenvalue weighted by atomic mass is 9.43. The molecule has 9 atom stereocenters. The summed E-state index contributed by atoms with van der Waals surface area (Å²) in [5.41, 5.74) is -0.449. The molecule has 2 saturated heterocycles. The maximum atomic E-state index is 13.8. The van der Waals surface area contributed by atoms with E-state index in [-0.39, 0.29) is 57.0 Å².